The van der Waals surface area contributed by atoms with Crippen LogP contribution in [0.15, 0.2) is 24.3 Å². The second kappa shape index (κ2) is 6.92. The van der Waals surface area contributed by atoms with Crippen LogP contribution in [0.1, 0.15) is 33.3 Å². The molecule has 0 radical (unpaired) electrons. The minimum atomic E-state index is -0.734. The molecule has 0 amide bonds. The number of hydrogen-bond donors (Lipinski definition) is 2. The average Bonchev–Trinajstić information content (AvgIpc) is 2.36. The molecular formula is C16H28N2O. The zero-order valence-corrected chi connectivity index (χ0v) is 12.9. The van der Waals surface area contributed by atoms with E-state index >= 15 is 0 Å². The summed E-state index contributed by atoms with van der Waals surface area (Å²) in [5, 5.41) is 13.7. The molecule has 0 saturated heterocycles. The van der Waals surface area contributed by atoms with Gasteiger partial charge in [0.1, 0.15) is 0 Å². The Labute approximate surface area is 117 Å². The minimum Gasteiger partial charge on any atom is -0.387 e. The Morgan fingerprint density at radius 2 is 1.84 bits per heavy atom. The molecule has 0 fully saturated rings. The second-order valence-corrected chi connectivity index (χ2v) is 5.91. The summed E-state index contributed by atoms with van der Waals surface area (Å²) in [7, 11) is 2.02. The monoisotopic (exact) mass is 264 g/mol. The maximum Gasteiger partial charge on any atom is 0.0917 e. The molecule has 19 heavy (non-hydrogen) atoms. The Morgan fingerprint density at radius 3 is 2.32 bits per heavy atom. The van der Waals surface area contributed by atoms with Crippen molar-refractivity contribution in [1.29, 1.82) is 0 Å². The third kappa shape index (κ3) is 5.62. The molecular weight excluding hydrogens is 236 g/mol. The zero-order chi connectivity index (χ0) is 14.5. The van der Waals surface area contributed by atoms with Gasteiger partial charge >= 0.3 is 0 Å². The van der Waals surface area contributed by atoms with Crippen molar-refractivity contribution in [3.63, 3.8) is 0 Å². The van der Waals surface area contributed by atoms with Crippen LogP contribution in [0.5, 0.6) is 0 Å². The standard InChI is InChI=1S/C16H28N2O/c1-6-14-7-9-15(10-8-14)18(5)12-16(4,19)11-17-13(2)3/h7-10,13,17,19H,6,11-12H2,1-5H3. The highest BCUT2D eigenvalue weighted by Gasteiger charge is 2.22. The van der Waals surface area contributed by atoms with Gasteiger partial charge in [0, 0.05) is 31.9 Å². The van der Waals surface area contributed by atoms with Crippen LogP contribution in [-0.4, -0.2) is 36.9 Å². The fraction of sp³-hybridized carbons (Fsp3) is 0.625. The van der Waals surface area contributed by atoms with Crippen molar-refractivity contribution in [3.05, 3.63) is 29.8 Å². The van der Waals surface area contributed by atoms with E-state index in [9.17, 15) is 5.11 Å². The van der Waals surface area contributed by atoms with Crippen LogP contribution in [0.2, 0.25) is 0 Å². The molecule has 1 rings (SSSR count). The summed E-state index contributed by atoms with van der Waals surface area (Å²) in [5.74, 6) is 0. The molecule has 0 aliphatic heterocycles. The van der Waals surface area contributed by atoms with E-state index < -0.39 is 5.60 Å². The van der Waals surface area contributed by atoms with Crippen LogP contribution in [0.4, 0.5) is 5.69 Å². The van der Waals surface area contributed by atoms with Crippen LogP contribution in [0.3, 0.4) is 0 Å². The number of aliphatic hydroxyl groups is 1. The number of aryl methyl sites for hydroxylation is 1. The first kappa shape index (κ1) is 16.0. The van der Waals surface area contributed by atoms with Crippen LogP contribution in [0, 0.1) is 0 Å². The number of hydrogen-bond acceptors (Lipinski definition) is 3. The first-order valence-electron chi connectivity index (χ1n) is 7.10. The van der Waals surface area contributed by atoms with E-state index in [1.807, 2.05) is 14.0 Å². The second-order valence-electron chi connectivity index (χ2n) is 5.91. The molecule has 1 aromatic rings. The molecule has 108 valence electrons. The first-order chi connectivity index (χ1) is 8.84. The Kier molecular flexibility index (Phi) is 5.83. The van der Waals surface area contributed by atoms with Gasteiger partial charge in [0.25, 0.3) is 0 Å². The van der Waals surface area contributed by atoms with E-state index in [1.54, 1.807) is 0 Å². The normalized spacial score (nSPS) is 14.5. The van der Waals surface area contributed by atoms with Crippen molar-refractivity contribution in [1.82, 2.24) is 5.32 Å². The van der Waals surface area contributed by atoms with Gasteiger partial charge in [-0.05, 0) is 31.0 Å². The lowest BCUT2D eigenvalue weighted by molar-refractivity contribution is 0.0656. The van der Waals surface area contributed by atoms with Crippen LogP contribution in [0.25, 0.3) is 0 Å². The highest BCUT2D eigenvalue weighted by Crippen LogP contribution is 2.16. The first-order valence-corrected chi connectivity index (χ1v) is 7.10. The van der Waals surface area contributed by atoms with Crippen molar-refractivity contribution in [3.8, 4) is 0 Å². The highest BCUT2D eigenvalue weighted by atomic mass is 16.3. The Balaban J connectivity index is 2.59. The van der Waals surface area contributed by atoms with E-state index in [-0.39, 0.29) is 0 Å². The molecule has 1 aromatic carbocycles. The van der Waals surface area contributed by atoms with E-state index in [0.717, 1.165) is 12.1 Å². The van der Waals surface area contributed by atoms with Gasteiger partial charge in [-0.25, -0.2) is 0 Å². The molecule has 3 nitrogen and oxygen atoms in total. The maximum atomic E-state index is 10.4. The van der Waals surface area contributed by atoms with Crippen molar-refractivity contribution in [2.24, 2.45) is 0 Å². The van der Waals surface area contributed by atoms with Crippen molar-refractivity contribution < 1.29 is 5.11 Å². The lowest BCUT2D eigenvalue weighted by atomic mass is 10.1. The minimum absolute atomic E-state index is 0.389. The van der Waals surface area contributed by atoms with Crippen molar-refractivity contribution >= 4 is 5.69 Å². The lowest BCUT2D eigenvalue weighted by Crippen LogP contribution is -2.48. The smallest absolute Gasteiger partial charge is 0.0917 e. The molecule has 0 aromatic heterocycles. The number of rotatable bonds is 7. The van der Waals surface area contributed by atoms with Crippen LogP contribution in [-0.2, 0) is 6.42 Å². The Morgan fingerprint density at radius 1 is 1.26 bits per heavy atom. The molecule has 0 aliphatic rings. The van der Waals surface area contributed by atoms with Crippen molar-refractivity contribution in [2.45, 2.75) is 45.8 Å². The predicted molar refractivity (Wildman–Crippen MR) is 82.9 cm³/mol. The number of likely N-dealkylation sites (N-methyl/N-ethyl adjacent to an activating group) is 1. The lowest BCUT2D eigenvalue weighted by Gasteiger charge is -2.31. The molecule has 0 heterocycles. The van der Waals surface area contributed by atoms with Gasteiger partial charge in [0.05, 0.1) is 5.60 Å². The topological polar surface area (TPSA) is 35.5 Å². The molecule has 0 saturated carbocycles. The van der Waals surface area contributed by atoms with E-state index in [0.29, 0.717) is 19.1 Å². The summed E-state index contributed by atoms with van der Waals surface area (Å²) < 4.78 is 0. The van der Waals surface area contributed by atoms with E-state index in [4.69, 9.17) is 0 Å². The van der Waals surface area contributed by atoms with Gasteiger partial charge < -0.3 is 15.3 Å². The third-order valence-electron chi connectivity index (χ3n) is 3.25. The quantitative estimate of drug-likeness (QED) is 0.794. The number of nitrogens with zero attached hydrogens (tertiary/aromatic N) is 1. The summed E-state index contributed by atoms with van der Waals surface area (Å²) in [6.07, 6.45) is 1.06. The zero-order valence-electron chi connectivity index (χ0n) is 12.9. The summed E-state index contributed by atoms with van der Waals surface area (Å²) in [4.78, 5) is 2.10. The summed E-state index contributed by atoms with van der Waals surface area (Å²) in [6.45, 7) is 9.41. The number of nitrogens with one attached hydrogen (secondary N) is 1. The molecule has 0 aliphatic carbocycles. The molecule has 0 spiro atoms. The highest BCUT2D eigenvalue weighted by molar-refractivity contribution is 5.47. The van der Waals surface area contributed by atoms with Crippen molar-refractivity contribution in [2.75, 3.05) is 25.0 Å². The molecule has 2 N–H and O–H groups in total. The van der Waals surface area contributed by atoms with Gasteiger partial charge in [-0.2, -0.15) is 0 Å². The van der Waals surface area contributed by atoms with Crippen LogP contribution < -0.4 is 10.2 Å². The molecule has 1 unspecified atom stereocenters. The van der Waals surface area contributed by atoms with Gasteiger partial charge in [-0.15, -0.1) is 0 Å². The van der Waals surface area contributed by atoms with E-state index in [1.165, 1.54) is 5.56 Å². The van der Waals surface area contributed by atoms with Gasteiger partial charge in [-0.1, -0.05) is 32.9 Å². The van der Waals surface area contributed by atoms with Gasteiger partial charge in [-0.3, -0.25) is 0 Å². The summed E-state index contributed by atoms with van der Waals surface area (Å²) in [6, 6.07) is 8.91. The van der Waals surface area contributed by atoms with E-state index in [2.05, 4.69) is 55.3 Å². The fourth-order valence-corrected chi connectivity index (χ4v) is 2.07. The predicted octanol–water partition coefficient (Wildman–Crippen LogP) is 2.43. The fourth-order valence-electron chi connectivity index (χ4n) is 2.07. The molecule has 3 heteroatoms. The Hall–Kier alpha value is -1.06. The van der Waals surface area contributed by atoms with Gasteiger partial charge in [0.2, 0.25) is 0 Å². The summed E-state index contributed by atoms with van der Waals surface area (Å²) >= 11 is 0. The van der Waals surface area contributed by atoms with Gasteiger partial charge in [0.15, 0.2) is 0 Å². The number of benzene rings is 1. The largest absolute Gasteiger partial charge is 0.387 e. The summed E-state index contributed by atoms with van der Waals surface area (Å²) in [5.41, 5.74) is 1.75. The molecule has 0 bridgehead atoms. The average molecular weight is 264 g/mol. The maximum absolute atomic E-state index is 10.4. The Bertz CT molecular complexity index is 371. The SMILES string of the molecule is CCc1ccc(N(C)CC(C)(O)CNC(C)C)cc1. The van der Waals surface area contributed by atoms with Crippen LogP contribution >= 0.6 is 0 Å². The molecule has 1 atom stereocenters. The third-order valence-corrected chi connectivity index (χ3v) is 3.25. The number of anilines is 1.